The highest BCUT2D eigenvalue weighted by atomic mass is 16.5. The second-order valence-electron chi connectivity index (χ2n) is 5.91. The van der Waals surface area contributed by atoms with E-state index in [4.69, 9.17) is 14.0 Å². The summed E-state index contributed by atoms with van der Waals surface area (Å²) in [6.45, 7) is 12.6. The molecule has 0 aliphatic rings. The van der Waals surface area contributed by atoms with Gasteiger partial charge in [-0.25, -0.2) is 0 Å². The van der Waals surface area contributed by atoms with Crippen LogP contribution in [-0.2, 0) is 14.3 Å². The van der Waals surface area contributed by atoms with Gasteiger partial charge < -0.3 is 14.0 Å². The van der Waals surface area contributed by atoms with Crippen LogP contribution in [0.5, 0.6) is 0 Å². The van der Waals surface area contributed by atoms with E-state index in [2.05, 4.69) is 10.1 Å². The molecule has 1 heterocycles. The van der Waals surface area contributed by atoms with Gasteiger partial charge >= 0.3 is 5.97 Å². The highest BCUT2D eigenvalue weighted by Crippen LogP contribution is 2.35. The third kappa shape index (κ3) is 4.52. The average Bonchev–Trinajstić information content (AvgIpc) is 2.84. The molecular formula is C15H26N2O4. The number of carbonyl (C=O) groups excluding carboxylic acids is 1. The monoisotopic (exact) mass is 298 g/mol. The number of nitrogens with zero attached hydrogens (tertiary/aromatic N) is 2. The van der Waals surface area contributed by atoms with Gasteiger partial charge in [0.2, 0.25) is 11.7 Å². The molecule has 0 amide bonds. The van der Waals surface area contributed by atoms with E-state index in [9.17, 15) is 4.79 Å². The first-order valence-corrected chi connectivity index (χ1v) is 7.46. The van der Waals surface area contributed by atoms with Gasteiger partial charge in [0, 0.05) is 6.61 Å². The molecule has 0 bridgehead atoms. The molecule has 1 aromatic rings. The zero-order chi connectivity index (χ0) is 16.0. The molecule has 21 heavy (non-hydrogen) atoms. The minimum Gasteiger partial charge on any atom is -0.465 e. The molecule has 0 aliphatic carbocycles. The van der Waals surface area contributed by atoms with Gasteiger partial charge in [-0.3, -0.25) is 4.79 Å². The van der Waals surface area contributed by atoms with Crippen molar-refractivity contribution in [2.75, 3.05) is 13.2 Å². The summed E-state index contributed by atoms with van der Waals surface area (Å²) < 4.78 is 16.0. The fourth-order valence-corrected chi connectivity index (χ4v) is 2.06. The Morgan fingerprint density at radius 2 is 1.90 bits per heavy atom. The Hall–Kier alpha value is -1.43. The molecule has 6 nitrogen and oxygen atoms in total. The third-order valence-corrected chi connectivity index (χ3v) is 3.09. The summed E-state index contributed by atoms with van der Waals surface area (Å²) in [6, 6.07) is 0. The number of rotatable bonds is 7. The van der Waals surface area contributed by atoms with Gasteiger partial charge in [0.25, 0.3) is 0 Å². The molecule has 0 fully saturated rings. The molecule has 0 saturated carbocycles. The molecule has 2 unspecified atom stereocenters. The van der Waals surface area contributed by atoms with Crippen molar-refractivity contribution < 1.29 is 18.8 Å². The Bertz CT molecular complexity index is 451. The number of aromatic nitrogens is 2. The summed E-state index contributed by atoms with van der Waals surface area (Å²) in [4.78, 5) is 16.3. The lowest BCUT2D eigenvalue weighted by atomic mass is 9.88. The minimum absolute atomic E-state index is 0.164. The highest BCUT2D eigenvalue weighted by molar-refractivity contribution is 5.76. The van der Waals surface area contributed by atoms with E-state index in [0.29, 0.717) is 31.3 Å². The molecule has 0 N–H and O–H groups in total. The topological polar surface area (TPSA) is 74.5 Å². The Labute approximate surface area is 126 Å². The van der Waals surface area contributed by atoms with Gasteiger partial charge in [0.15, 0.2) is 0 Å². The van der Waals surface area contributed by atoms with Crippen molar-refractivity contribution >= 4 is 5.97 Å². The SMILES string of the molecule is CCOC(=O)C(CC)c1nc(C(OCC)C(C)(C)C)no1. The van der Waals surface area contributed by atoms with Gasteiger partial charge in [0.1, 0.15) is 12.0 Å². The number of ether oxygens (including phenoxy) is 2. The van der Waals surface area contributed by atoms with Gasteiger partial charge in [0.05, 0.1) is 6.61 Å². The van der Waals surface area contributed by atoms with Crippen molar-refractivity contribution in [3.8, 4) is 0 Å². The van der Waals surface area contributed by atoms with Crippen LogP contribution in [0.3, 0.4) is 0 Å². The average molecular weight is 298 g/mol. The number of carbonyl (C=O) groups is 1. The Morgan fingerprint density at radius 1 is 1.24 bits per heavy atom. The number of hydrogen-bond acceptors (Lipinski definition) is 6. The van der Waals surface area contributed by atoms with Crippen molar-refractivity contribution in [1.29, 1.82) is 0 Å². The third-order valence-electron chi connectivity index (χ3n) is 3.09. The Kier molecular flexibility index (Phi) is 6.33. The maximum atomic E-state index is 11.9. The lowest BCUT2D eigenvalue weighted by Crippen LogP contribution is -2.23. The molecule has 1 rings (SSSR count). The fourth-order valence-electron chi connectivity index (χ4n) is 2.06. The van der Waals surface area contributed by atoms with Crippen LogP contribution in [0.1, 0.15) is 71.7 Å². The molecule has 1 aromatic heterocycles. The van der Waals surface area contributed by atoms with Crippen molar-refractivity contribution in [1.82, 2.24) is 10.1 Å². The predicted octanol–water partition coefficient (Wildman–Crippen LogP) is 3.25. The van der Waals surface area contributed by atoms with Gasteiger partial charge in [-0.2, -0.15) is 4.98 Å². The zero-order valence-electron chi connectivity index (χ0n) is 13.8. The summed E-state index contributed by atoms with van der Waals surface area (Å²) in [5.41, 5.74) is -0.164. The first-order valence-electron chi connectivity index (χ1n) is 7.46. The van der Waals surface area contributed by atoms with E-state index in [0.717, 1.165) is 0 Å². The van der Waals surface area contributed by atoms with Crippen LogP contribution in [0.25, 0.3) is 0 Å². The molecule has 0 aliphatic heterocycles. The molecule has 120 valence electrons. The molecule has 0 spiro atoms. The molecular weight excluding hydrogens is 272 g/mol. The van der Waals surface area contributed by atoms with Crippen LogP contribution in [0.4, 0.5) is 0 Å². The minimum atomic E-state index is -0.520. The summed E-state index contributed by atoms with van der Waals surface area (Å²) in [5.74, 6) is -0.0886. The Balaban J connectivity index is 2.99. The second kappa shape index (κ2) is 7.54. The smallest absolute Gasteiger partial charge is 0.318 e. The predicted molar refractivity (Wildman–Crippen MR) is 77.8 cm³/mol. The van der Waals surface area contributed by atoms with E-state index >= 15 is 0 Å². The van der Waals surface area contributed by atoms with E-state index in [-0.39, 0.29) is 17.5 Å². The van der Waals surface area contributed by atoms with E-state index < -0.39 is 5.92 Å². The number of hydrogen-bond donors (Lipinski definition) is 0. The van der Waals surface area contributed by atoms with Crippen LogP contribution in [0.15, 0.2) is 4.52 Å². The van der Waals surface area contributed by atoms with Crippen LogP contribution in [0, 0.1) is 5.41 Å². The van der Waals surface area contributed by atoms with Crippen molar-refractivity contribution in [2.45, 2.75) is 60.0 Å². The van der Waals surface area contributed by atoms with E-state index in [1.165, 1.54) is 0 Å². The molecule has 6 heteroatoms. The molecule has 0 saturated heterocycles. The van der Waals surface area contributed by atoms with E-state index in [1.807, 2.05) is 34.6 Å². The summed E-state index contributed by atoms with van der Waals surface area (Å²) in [7, 11) is 0. The van der Waals surface area contributed by atoms with Gasteiger partial charge in [-0.15, -0.1) is 0 Å². The van der Waals surface area contributed by atoms with Crippen molar-refractivity contribution in [2.24, 2.45) is 5.41 Å². The number of esters is 1. The Morgan fingerprint density at radius 3 is 2.38 bits per heavy atom. The normalized spacial score (nSPS) is 14.8. The first kappa shape index (κ1) is 17.6. The van der Waals surface area contributed by atoms with Gasteiger partial charge in [-0.1, -0.05) is 32.9 Å². The van der Waals surface area contributed by atoms with Gasteiger partial charge in [-0.05, 0) is 25.7 Å². The van der Waals surface area contributed by atoms with Crippen molar-refractivity contribution in [3.63, 3.8) is 0 Å². The van der Waals surface area contributed by atoms with Crippen LogP contribution >= 0.6 is 0 Å². The molecule has 2 atom stereocenters. The molecule has 0 aromatic carbocycles. The van der Waals surface area contributed by atoms with Crippen molar-refractivity contribution in [3.05, 3.63) is 11.7 Å². The van der Waals surface area contributed by atoms with Crippen LogP contribution in [0.2, 0.25) is 0 Å². The maximum Gasteiger partial charge on any atom is 0.318 e. The lowest BCUT2D eigenvalue weighted by molar-refractivity contribution is -0.145. The molecule has 0 radical (unpaired) electrons. The fraction of sp³-hybridized carbons (Fsp3) is 0.800. The highest BCUT2D eigenvalue weighted by Gasteiger charge is 2.33. The zero-order valence-corrected chi connectivity index (χ0v) is 13.8. The first-order chi connectivity index (χ1) is 9.85. The largest absolute Gasteiger partial charge is 0.465 e. The summed E-state index contributed by atoms with van der Waals surface area (Å²) >= 11 is 0. The standard InChI is InChI=1S/C15H26N2O4/c1-7-10(14(18)20-9-3)13-16-12(17-21-13)11(19-8-2)15(4,5)6/h10-11H,7-9H2,1-6H3. The van der Waals surface area contributed by atoms with Crippen LogP contribution in [-0.4, -0.2) is 29.3 Å². The summed E-state index contributed by atoms with van der Waals surface area (Å²) in [5, 5.41) is 3.99. The second-order valence-corrected chi connectivity index (χ2v) is 5.91. The van der Waals surface area contributed by atoms with Crippen LogP contribution < -0.4 is 0 Å². The quantitative estimate of drug-likeness (QED) is 0.719. The summed E-state index contributed by atoms with van der Waals surface area (Å²) in [6.07, 6.45) is 0.273. The lowest BCUT2D eigenvalue weighted by Gasteiger charge is -2.27. The van der Waals surface area contributed by atoms with E-state index in [1.54, 1.807) is 6.92 Å². The maximum absolute atomic E-state index is 11.9.